The molecule has 0 saturated heterocycles. The molecule has 25 heavy (non-hydrogen) atoms. The molecule has 0 saturated carbocycles. The third-order valence-corrected chi connectivity index (χ3v) is 5.08. The van der Waals surface area contributed by atoms with Crippen molar-refractivity contribution in [2.24, 2.45) is 0 Å². The molecule has 5 nitrogen and oxygen atoms in total. The minimum absolute atomic E-state index is 0.157. The number of hydrogen-bond acceptors (Lipinski definition) is 5. The normalized spacial score (nSPS) is 12.9. The molecule has 0 radical (unpaired) electrons. The second-order valence-electron chi connectivity index (χ2n) is 6.81. The minimum atomic E-state index is -0.561. The molecule has 0 atom stereocenters. The number of nitrogens with one attached hydrogen (secondary N) is 2. The SMILES string of the molecule is C=O.CCCC(=O)Nc1sc2c(c1C)CCCC2.CNCC(C)(C)O. The smallest absolute Gasteiger partial charge is 0.224 e. The van der Waals surface area contributed by atoms with Gasteiger partial charge in [-0.25, -0.2) is 0 Å². The van der Waals surface area contributed by atoms with Crippen LogP contribution in [-0.4, -0.2) is 37.0 Å². The standard InChI is InChI=1S/C13H19NOS.C5H13NO.CH2O/c1-3-6-12(15)14-13-9(2)10-7-4-5-8-11(10)16-13;1-5(2,7)4-6-3;1-2/h3-8H2,1-2H3,(H,14,15);6-7H,4H2,1-3H3;1H2. The van der Waals surface area contributed by atoms with Crippen LogP contribution in [0.15, 0.2) is 0 Å². The van der Waals surface area contributed by atoms with E-state index in [0.29, 0.717) is 13.0 Å². The van der Waals surface area contributed by atoms with Crippen LogP contribution in [0.5, 0.6) is 0 Å². The van der Waals surface area contributed by atoms with Crippen molar-refractivity contribution in [1.29, 1.82) is 0 Å². The first kappa shape index (κ1) is 23.8. The molecule has 1 aliphatic rings. The van der Waals surface area contributed by atoms with Crippen LogP contribution in [0.1, 0.15) is 62.5 Å². The molecule has 0 fully saturated rings. The average molecular weight is 371 g/mol. The summed E-state index contributed by atoms with van der Waals surface area (Å²) in [6.07, 6.45) is 6.53. The molecule has 1 amide bonds. The molecule has 6 heteroatoms. The highest BCUT2D eigenvalue weighted by Crippen LogP contribution is 2.37. The molecule has 2 rings (SSSR count). The number of anilines is 1. The molecule has 0 spiro atoms. The summed E-state index contributed by atoms with van der Waals surface area (Å²) >= 11 is 1.78. The van der Waals surface area contributed by atoms with Crippen LogP contribution in [0.4, 0.5) is 5.00 Å². The van der Waals surface area contributed by atoms with E-state index >= 15 is 0 Å². The van der Waals surface area contributed by atoms with Crippen LogP contribution < -0.4 is 10.6 Å². The lowest BCUT2D eigenvalue weighted by Crippen LogP contribution is -2.32. The predicted molar refractivity (Wildman–Crippen MR) is 107 cm³/mol. The van der Waals surface area contributed by atoms with Crippen molar-refractivity contribution in [3.05, 3.63) is 16.0 Å². The minimum Gasteiger partial charge on any atom is -0.389 e. The first-order valence-electron chi connectivity index (χ1n) is 8.85. The van der Waals surface area contributed by atoms with E-state index in [1.54, 1.807) is 25.2 Å². The van der Waals surface area contributed by atoms with Gasteiger partial charge < -0.3 is 20.5 Å². The summed E-state index contributed by atoms with van der Waals surface area (Å²) in [6, 6.07) is 0. The van der Waals surface area contributed by atoms with E-state index < -0.39 is 5.60 Å². The van der Waals surface area contributed by atoms with E-state index in [0.717, 1.165) is 11.4 Å². The van der Waals surface area contributed by atoms with Crippen molar-refractivity contribution in [2.45, 2.75) is 71.8 Å². The largest absolute Gasteiger partial charge is 0.389 e. The number of rotatable bonds is 5. The molecule has 0 unspecified atom stereocenters. The number of fused-ring (bicyclic) bond motifs is 1. The fourth-order valence-corrected chi connectivity index (χ4v) is 4.00. The van der Waals surface area contributed by atoms with E-state index in [2.05, 4.69) is 17.6 Å². The quantitative estimate of drug-likeness (QED) is 0.742. The van der Waals surface area contributed by atoms with Crippen LogP contribution in [-0.2, 0) is 22.4 Å². The van der Waals surface area contributed by atoms with Gasteiger partial charge in [-0.2, -0.15) is 0 Å². The van der Waals surface area contributed by atoms with Gasteiger partial charge in [0.25, 0.3) is 0 Å². The van der Waals surface area contributed by atoms with Crippen LogP contribution in [0.25, 0.3) is 0 Å². The predicted octanol–water partition coefficient (Wildman–Crippen LogP) is 3.47. The van der Waals surface area contributed by atoms with Crippen molar-refractivity contribution >= 4 is 29.0 Å². The molecule has 1 aliphatic carbocycles. The van der Waals surface area contributed by atoms with Gasteiger partial charge in [0, 0.05) is 17.8 Å². The van der Waals surface area contributed by atoms with Crippen molar-refractivity contribution in [3.8, 4) is 0 Å². The zero-order valence-electron chi connectivity index (χ0n) is 16.3. The Balaban J connectivity index is 0.000000544. The molecular weight excluding hydrogens is 336 g/mol. The number of amides is 1. The lowest BCUT2D eigenvalue weighted by Gasteiger charge is -2.14. The molecule has 3 N–H and O–H groups in total. The van der Waals surface area contributed by atoms with Gasteiger partial charge in [-0.3, -0.25) is 4.79 Å². The van der Waals surface area contributed by atoms with Gasteiger partial charge >= 0.3 is 0 Å². The fraction of sp³-hybridized carbons (Fsp3) is 0.684. The summed E-state index contributed by atoms with van der Waals surface area (Å²) in [5.74, 6) is 0.157. The Bertz CT molecular complexity index is 521. The molecule has 1 heterocycles. The van der Waals surface area contributed by atoms with Crippen LogP contribution in [0.3, 0.4) is 0 Å². The number of aryl methyl sites for hydroxylation is 1. The fourth-order valence-electron chi connectivity index (χ4n) is 2.69. The Morgan fingerprint density at radius 1 is 1.28 bits per heavy atom. The van der Waals surface area contributed by atoms with Crippen LogP contribution in [0.2, 0.25) is 0 Å². The van der Waals surface area contributed by atoms with Gasteiger partial charge in [-0.1, -0.05) is 6.92 Å². The molecule has 0 bridgehead atoms. The molecule has 1 aromatic rings. The lowest BCUT2D eigenvalue weighted by molar-refractivity contribution is -0.116. The van der Waals surface area contributed by atoms with E-state index in [9.17, 15) is 4.79 Å². The van der Waals surface area contributed by atoms with Crippen molar-refractivity contribution in [2.75, 3.05) is 18.9 Å². The Morgan fingerprint density at radius 2 is 1.88 bits per heavy atom. The number of thiophene rings is 1. The van der Waals surface area contributed by atoms with Crippen molar-refractivity contribution in [3.63, 3.8) is 0 Å². The first-order valence-corrected chi connectivity index (χ1v) is 9.67. The van der Waals surface area contributed by atoms with Gasteiger partial charge in [0.1, 0.15) is 6.79 Å². The zero-order valence-corrected chi connectivity index (χ0v) is 17.1. The van der Waals surface area contributed by atoms with Gasteiger partial charge in [0.2, 0.25) is 5.91 Å². The Hall–Kier alpha value is -1.24. The Kier molecular flexibility index (Phi) is 11.6. The van der Waals surface area contributed by atoms with Gasteiger partial charge in [0.15, 0.2) is 0 Å². The summed E-state index contributed by atoms with van der Waals surface area (Å²) in [5, 5.41) is 15.9. The topological polar surface area (TPSA) is 78.4 Å². The van der Waals surface area contributed by atoms with Gasteiger partial charge in [-0.15, -0.1) is 11.3 Å². The van der Waals surface area contributed by atoms with Gasteiger partial charge in [-0.05, 0) is 71.0 Å². The van der Waals surface area contributed by atoms with Crippen molar-refractivity contribution in [1.82, 2.24) is 5.32 Å². The number of carbonyl (C=O) groups is 2. The van der Waals surface area contributed by atoms with Crippen molar-refractivity contribution < 1.29 is 14.7 Å². The Morgan fingerprint density at radius 3 is 2.32 bits per heavy atom. The molecule has 0 aromatic carbocycles. The van der Waals surface area contributed by atoms with E-state index in [4.69, 9.17) is 9.90 Å². The van der Waals surface area contributed by atoms with E-state index in [1.165, 1.54) is 41.7 Å². The van der Waals surface area contributed by atoms with E-state index in [-0.39, 0.29) is 5.91 Å². The average Bonchev–Trinajstić information content (AvgIpc) is 2.85. The molecular formula is C19H34N2O3S. The number of hydrogen-bond donors (Lipinski definition) is 3. The Labute approximate surface area is 156 Å². The highest BCUT2D eigenvalue weighted by atomic mass is 32.1. The monoisotopic (exact) mass is 370 g/mol. The maximum absolute atomic E-state index is 11.6. The number of carbonyl (C=O) groups excluding carboxylic acids is 2. The summed E-state index contributed by atoms with van der Waals surface area (Å²) in [7, 11) is 1.82. The summed E-state index contributed by atoms with van der Waals surface area (Å²) in [5.41, 5.74) is 2.25. The molecule has 0 aliphatic heterocycles. The summed E-state index contributed by atoms with van der Waals surface area (Å²) < 4.78 is 0. The molecule has 144 valence electrons. The van der Waals surface area contributed by atoms with Crippen LogP contribution >= 0.6 is 11.3 Å². The number of likely N-dealkylation sites (N-methyl/N-ethyl adjacent to an activating group) is 1. The lowest BCUT2D eigenvalue weighted by atomic mass is 9.96. The third kappa shape index (κ3) is 9.14. The van der Waals surface area contributed by atoms with Crippen LogP contribution in [0, 0.1) is 6.92 Å². The highest BCUT2D eigenvalue weighted by Gasteiger charge is 2.18. The second-order valence-corrected chi connectivity index (χ2v) is 7.91. The summed E-state index contributed by atoms with van der Waals surface area (Å²) in [6.45, 7) is 10.4. The summed E-state index contributed by atoms with van der Waals surface area (Å²) in [4.78, 5) is 21.1. The first-order chi connectivity index (χ1) is 11.8. The number of aliphatic hydroxyl groups is 1. The maximum atomic E-state index is 11.6. The van der Waals surface area contributed by atoms with E-state index in [1.807, 2.05) is 20.8 Å². The highest BCUT2D eigenvalue weighted by molar-refractivity contribution is 7.16. The second kappa shape index (κ2) is 12.2. The maximum Gasteiger partial charge on any atom is 0.224 e. The zero-order chi connectivity index (χ0) is 19.5. The van der Waals surface area contributed by atoms with Gasteiger partial charge in [0.05, 0.1) is 10.6 Å². The molecule has 1 aromatic heterocycles. The third-order valence-electron chi connectivity index (χ3n) is 3.78.